The van der Waals surface area contributed by atoms with Crippen LogP contribution in [0.25, 0.3) is 0 Å². The largest absolute Gasteiger partial charge is 0.384 e. The Morgan fingerprint density at radius 1 is 0.533 bits per heavy atom. The molecule has 0 aliphatic heterocycles. The van der Waals surface area contributed by atoms with E-state index >= 15 is 0 Å². The van der Waals surface area contributed by atoms with Crippen molar-refractivity contribution in [1.29, 1.82) is 0 Å². The lowest BCUT2D eigenvalue weighted by Crippen LogP contribution is -2.83. The van der Waals surface area contributed by atoms with Gasteiger partial charge in [-0.1, -0.05) is 80.9 Å². The van der Waals surface area contributed by atoms with Crippen molar-refractivity contribution in [2.24, 2.45) is 0 Å². The lowest BCUT2D eigenvalue weighted by atomic mass is 9.70. The van der Waals surface area contributed by atoms with Crippen LogP contribution in [-0.2, 0) is 0 Å². The van der Waals surface area contributed by atoms with Gasteiger partial charge >= 0.3 is 29.6 Å². The molecule has 180 valence electrons. The Morgan fingerprint density at radius 3 is 1.27 bits per heavy atom. The average molecular weight is 576 g/mol. The zero-order valence-electron chi connectivity index (χ0n) is 16.2. The molecule has 1 unspecified atom stereocenters. The van der Waals surface area contributed by atoms with Crippen LogP contribution in [0.15, 0.2) is 0 Å². The molecule has 1 fully saturated rings. The number of hydrogen-bond donors (Lipinski definition) is 0. The van der Waals surface area contributed by atoms with Crippen molar-refractivity contribution in [2.45, 2.75) is 110 Å². The summed E-state index contributed by atoms with van der Waals surface area (Å²) in [6, 6.07) is 0. The van der Waals surface area contributed by atoms with Gasteiger partial charge in [-0.25, -0.2) is 4.39 Å². The zero-order chi connectivity index (χ0) is 23.6. The fourth-order valence-corrected chi connectivity index (χ4v) is 4.50. The van der Waals surface area contributed by atoms with Crippen LogP contribution in [0.3, 0.4) is 0 Å². The second kappa shape index (κ2) is 9.44. The first-order valence-corrected chi connectivity index (χ1v) is 10.9. The Hall–Kier alpha value is -0.0400. The van der Waals surface area contributed by atoms with Gasteiger partial charge in [-0.3, -0.25) is 0 Å². The average Bonchev–Trinajstić information content (AvgIpc) is 2.62. The quantitative estimate of drug-likeness (QED) is 0.100. The van der Waals surface area contributed by atoms with Crippen molar-refractivity contribution in [2.75, 3.05) is 0 Å². The van der Waals surface area contributed by atoms with E-state index in [1.165, 1.54) is 22.6 Å². The summed E-state index contributed by atoms with van der Waals surface area (Å²) in [7, 11) is 0. The van der Waals surface area contributed by atoms with Gasteiger partial charge in [0.15, 0.2) is 0 Å². The molecule has 1 saturated carbocycles. The third-order valence-corrected chi connectivity index (χ3v) is 6.51. The molecule has 0 aromatic heterocycles. The van der Waals surface area contributed by atoms with Crippen molar-refractivity contribution >= 4 is 22.6 Å². The molecule has 0 saturated heterocycles. The lowest BCUT2D eigenvalue weighted by Gasteiger charge is -2.53. The van der Waals surface area contributed by atoms with E-state index in [0.29, 0.717) is 12.8 Å². The van der Waals surface area contributed by atoms with E-state index < -0.39 is 45.6 Å². The maximum Gasteiger partial charge on any atom is 0.384 e. The van der Waals surface area contributed by atoms with Crippen LogP contribution in [0.1, 0.15) is 71.1 Å². The van der Waals surface area contributed by atoms with E-state index in [4.69, 9.17) is 0 Å². The monoisotopic (exact) mass is 576 g/mol. The summed E-state index contributed by atoms with van der Waals surface area (Å²) >= 11 is 1.22. The summed E-state index contributed by atoms with van der Waals surface area (Å²) < 4.78 is 149. The molecule has 0 bridgehead atoms. The summed E-state index contributed by atoms with van der Waals surface area (Å²) in [5, 5.41) is 0. The Morgan fingerprint density at radius 2 is 0.867 bits per heavy atom. The molecule has 1 atom stereocenters. The number of alkyl halides is 12. The van der Waals surface area contributed by atoms with Gasteiger partial charge < -0.3 is 0 Å². The standard InChI is InChI=1S/C18H24F11I/c1-2-3-4-5-6-7-8-9-10-12(30)11-13(19)14(20,21)16(24,25)18(28,29)17(26,27)15(13,22)23/h12H,2-11H2,1H3. The van der Waals surface area contributed by atoms with Gasteiger partial charge in [-0.2, -0.15) is 43.9 Å². The highest BCUT2D eigenvalue weighted by molar-refractivity contribution is 14.1. The Labute approximate surface area is 181 Å². The third-order valence-electron chi connectivity index (χ3n) is 5.45. The predicted octanol–water partition coefficient (Wildman–Crippen LogP) is 8.61. The second-order valence-electron chi connectivity index (χ2n) is 7.74. The fourth-order valence-electron chi connectivity index (χ4n) is 3.45. The van der Waals surface area contributed by atoms with Gasteiger partial charge in [0.1, 0.15) is 0 Å². The topological polar surface area (TPSA) is 0 Å². The Bertz CT molecular complexity index is 532. The predicted molar refractivity (Wildman–Crippen MR) is 98.2 cm³/mol. The molecule has 0 amide bonds. The smallest absolute Gasteiger partial charge is 0.230 e. The molecule has 1 aliphatic rings. The van der Waals surface area contributed by atoms with Gasteiger partial charge in [0.05, 0.1) is 0 Å². The molecule has 0 spiro atoms. The van der Waals surface area contributed by atoms with Crippen LogP contribution >= 0.6 is 22.6 Å². The second-order valence-corrected chi connectivity index (χ2v) is 9.50. The highest BCUT2D eigenvalue weighted by Crippen LogP contribution is 2.70. The molecule has 0 nitrogen and oxygen atoms in total. The molecular weight excluding hydrogens is 552 g/mol. The van der Waals surface area contributed by atoms with Crippen molar-refractivity contribution in [3.05, 3.63) is 0 Å². The van der Waals surface area contributed by atoms with Crippen LogP contribution in [0, 0.1) is 0 Å². The van der Waals surface area contributed by atoms with E-state index in [9.17, 15) is 48.3 Å². The fraction of sp³-hybridized carbons (Fsp3) is 1.00. The molecule has 30 heavy (non-hydrogen) atoms. The minimum absolute atomic E-state index is 0.194. The van der Waals surface area contributed by atoms with Crippen molar-refractivity contribution < 1.29 is 48.3 Å². The molecule has 0 heterocycles. The zero-order valence-corrected chi connectivity index (χ0v) is 18.3. The van der Waals surface area contributed by atoms with Crippen molar-refractivity contribution in [3.8, 4) is 0 Å². The van der Waals surface area contributed by atoms with Crippen LogP contribution in [-0.4, -0.2) is 39.2 Å². The number of halogens is 12. The van der Waals surface area contributed by atoms with E-state index in [-0.39, 0.29) is 12.8 Å². The maximum absolute atomic E-state index is 14.7. The summed E-state index contributed by atoms with van der Waals surface area (Å²) in [6.07, 6.45) is 4.07. The highest BCUT2D eigenvalue weighted by atomic mass is 127. The first-order valence-electron chi connectivity index (χ1n) is 9.67. The molecule has 1 rings (SSSR count). The SMILES string of the molecule is CCCCCCCCCCC(I)CC1(F)C(F)(F)C(F)(F)C(F)(F)C(F)(F)C1(F)F. The first-order chi connectivity index (χ1) is 13.5. The van der Waals surface area contributed by atoms with E-state index in [2.05, 4.69) is 0 Å². The number of unbranched alkanes of at least 4 members (excludes halogenated alkanes) is 7. The molecule has 0 radical (unpaired) electrons. The molecule has 12 heteroatoms. The van der Waals surface area contributed by atoms with Gasteiger partial charge in [-0.15, -0.1) is 0 Å². The first kappa shape index (κ1) is 28.0. The van der Waals surface area contributed by atoms with Crippen LogP contribution < -0.4 is 0 Å². The molecule has 0 aromatic carbocycles. The van der Waals surface area contributed by atoms with Crippen LogP contribution in [0.2, 0.25) is 0 Å². The summed E-state index contributed by atoms with van der Waals surface area (Å²) in [6.45, 7) is 2.03. The minimum atomic E-state index is -7.14. The summed E-state index contributed by atoms with van der Waals surface area (Å²) in [4.78, 5) is 0. The van der Waals surface area contributed by atoms with Crippen molar-refractivity contribution in [1.82, 2.24) is 0 Å². The van der Waals surface area contributed by atoms with Crippen LogP contribution in [0.4, 0.5) is 48.3 Å². The van der Waals surface area contributed by atoms with Gasteiger partial charge in [0.2, 0.25) is 0 Å². The molecule has 0 N–H and O–H groups in total. The lowest BCUT2D eigenvalue weighted by molar-refractivity contribution is -0.485. The molecular formula is C18H24F11I. The third kappa shape index (κ3) is 4.27. The Kier molecular flexibility index (Phi) is 8.81. The number of hydrogen-bond acceptors (Lipinski definition) is 0. The van der Waals surface area contributed by atoms with Gasteiger partial charge in [-0.05, 0) is 6.42 Å². The summed E-state index contributed by atoms with van der Waals surface area (Å²) in [5.41, 5.74) is -5.85. The van der Waals surface area contributed by atoms with Crippen molar-refractivity contribution in [3.63, 3.8) is 0 Å². The van der Waals surface area contributed by atoms with Gasteiger partial charge in [0, 0.05) is 10.3 Å². The number of rotatable bonds is 11. The van der Waals surface area contributed by atoms with E-state index in [0.717, 1.165) is 32.1 Å². The summed E-state index contributed by atoms with van der Waals surface area (Å²) in [5.74, 6) is -34.6. The normalized spacial score (nSPS) is 26.3. The molecule has 0 aromatic rings. The van der Waals surface area contributed by atoms with Crippen LogP contribution in [0.5, 0.6) is 0 Å². The maximum atomic E-state index is 14.7. The minimum Gasteiger partial charge on any atom is -0.230 e. The molecule has 1 aliphatic carbocycles. The van der Waals surface area contributed by atoms with Gasteiger partial charge in [0.25, 0.3) is 5.67 Å². The van der Waals surface area contributed by atoms with E-state index in [1.54, 1.807) is 0 Å². The van der Waals surface area contributed by atoms with E-state index in [1.807, 2.05) is 6.92 Å². The Balaban J connectivity index is 2.88. The highest BCUT2D eigenvalue weighted by Gasteiger charge is 3.00.